The molecule has 1 aromatic carbocycles. The lowest BCUT2D eigenvalue weighted by molar-refractivity contribution is 0.0932. The lowest BCUT2D eigenvalue weighted by Gasteiger charge is -2.24. The summed E-state index contributed by atoms with van der Waals surface area (Å²) in [6, 6.07) is 7.01. The molecule has 0 radical (unpaired) electrons. The molecule has 0 bridgehead atoms. The highest BCUT2D eigenvalue weighted by atomic mass is 79.9. The Morgan fingerprint density at radius 2 is 2.24 bits per heavy atom. The molecular formula is C15H16BrN3O2. The predicted molar refractivity (Wildman–Crippen MR) is 85.6 cm³/mol. The van der Waals surface area contributed by atoms with Crippen LogP contribution in [0.15, 0.2) is 33.5 Å². The third-order valence-electron chi connectivity index (χ3n) is 3.70. The van der Waals surface area contributed by atoms with Gasteiger partial charge in [0, 0.05) is 28.5 Å². The van der Waals surface area contributed by atoms with Crippen molar-refractivity contribution < 1.29 is 4.79 Å². The van der Waals surface area contributed by atoms with Gasteiger partial charge in [0.1, 0.15) is 0 Å². The summed E-state index contributed by atoms with van der Waals surface area (Å²) in [6.45, 7) is 1.77. The maximum absolute atomic E-state index is 12.5. The first-order valence-electron chi connectivity index (χ1n) is 6.98. The van der Waals surface area contributed by atoms with E-state index in [2.05, 4.69) is 31.5 Å². The topological polar surface area (TPSA) is 74.0 Å². The van der Waals surface area contributed by atoms with Gasteiger partial charge in [0.2, 0.25) is 5.56 Å². The van der Waals surface area contributed by atoms with E-state index in [9.17, 15) is 9.59 Å². The molecule has 1 fully saturated rings. The molecule has 21 heavy (non-hydrogen) atoms. The number of aromatic nitrogens is 1. The van der Waals surface area contributed by atoms with Crippen molar-refractivity contribution in [3.05, 3.63) is 44.7 Å². The first-order chi connectivity index (χ1) is 10.1. The highest BCUT2D eigenvalue weighted by Gasteiger charge is 2.18. The summed E-state index contributed by atoms with van der Waals surface area (Å²) in [6.07, 6.45) is 2.01. The molecule has 1 aliphatic heterocycles. The summed E-state index contributed by atoms with van der Waals surface area (Å²) in [7, 11) is 0. The van der Waals surface area contributed by atoms with Gasteiger partial charge in [-0.15, -0.1) is 0 Å². The minimum Gasteiger partial charge on any atom is -0.348 e. The van der Waals surface area contributed by atoms with Crippen molar-refractivity contribution in [1.82, 2.24) is 15.6 Å². The lowest BCUT2D eigenvalue weighted by Crippen LogP contribution is -2.45. The molecule has 3 N–H and O–H groups in total. The van der Waals surface area contributed by atoms with E-state index >= 15 is 0 Å². The van der Waals surface area contributed by atoms with E-state index in [4.69, 9.17) is 0 Å². The second kappa shape index (κ2) is 5.99. The largest absolute Gasteiger partial charge is 0.348 e. The van der Waals surface area contributed by atoms with E-state index in [0.717, 1.165) is 35.8 Å². The third kappa shape index (κ3) is 3.01. The fraction of sp³-hybridized carbons (Fsp3) is 0.333. The number of nitrogens with one attached hydrogen (secondary N) is 3. The van der Waals surface area contributed by atoms with Gasteiger partial charge in [-0.05, 0) is 41.4 Å². The fourth-order valence-corrected chi connectivity index (χ4v) is 3.14. The number of amides is 1. The number of rotatable bonds is 2. The van der Waals surface area contributed by atoms with Crippen LogP contribution in [0.2, 0.25) is 0 Å². The van der Waals surface area contributed by atoms with E-state index < -0.39 is 0 Å². The molecule has 1 atom stereocenters. The zero-order valence-corrected chi connectivity index (χ0v) is 13.0. The summed E-state index contributed by atoms with van der Waals surface area (Å²) in [5.74, 6) is -0.196. The van der Waals surface area contributed by atoms with Crippen molar-refractivity contribution in [2.75, 3.05) is 13.1 Å². The van der Waals surface area contributed by atoms with Gasteiger partial charge in [-0.2, -0.15) is 0 Å². The molecule has 1 aromatic heterocycles. The maximum Gasteiger partial charge on any atom is 0.252 e. The Hall–Kier alpha value is -1.66. The van der Waals surface area contributed by atoms with E-state index in [1.807, 2.05) is 18.2 Å². The zero-order valence-electron chi connectivity index (χ0n) is 11.4. The van der Waals surface area contributed by atoms with Crippen molar-refractivity contribution >= 4 is 32.7 Å². The van der Waals surface area contributed by atoms with Crippen molar-refractivity contribution in [3.8, 4) is 0 Å². The van der Waals surface area contributed by atoms with Crippen LogP contribution in [-0.2, 0) is 0 Å². The number of aromatic amines is 1. The molecular weight excluding hydrogens is 334 g/mol. The van der Waals surface area contributed by atoms with Gasteiger partial charge in [-0.25, -0.2) is 0 Å². The van der Waals surface area contributed by atoms with Crippen LogP contribution in [0.1, 0.15) is 23.2 Å². The van der Waals surface area contributed by atoms with Crippen molar-refractivity contribution in [1.29, 1.82) is 0 Å². The van der Waals surface area contributed by atoms with Crippen LogP contribution in [0.5, 0.6) is 0 Å². The SMILES string of the molecule is O=C(N[C@H]1CCCNC1)c1cc(=O)[nH]c2c(Br)cccc12. The summed E-state index contributed by atoms with van der Waals surface area (Å²) >= 11 is 3.40. The van der Waals surface area contributed by atoms with Crippen LogP contribution in [0.3, 0.4) is 0 Å². The van der Waals surface area contributed by atoms with Crippen LogP contribution in [0.25, 0.3) is 10.9 Å². The first-order valence-corrected chi connectivity index (χ1v) is 7.77. The average molecular weight is 350 g/mol. The van der Waals surface area contributed by atoms with Crippen LogP contribution >= 0.6 is 15.9 Å². The summed E-state index contributed by atoms with van der Waals surface area (Å²) in [5.41, 5.74) is 0.791. The molecule has 5 nitrogen and oxygen atoms in total. The summed E-state index contributed by atoms with van der Waals surface area (Å²) < 4.78 is 0.770. The number of pyridine rings is 1. The Kier molecular flexibility index (Phi) is 4.07. The van der Waals surface area contributed by atoms with E-state index in [0.29, 0.717) is 11.1 Å². The van der Waals surface area contributed by atoms with E-state index in [-0.39, 0.29) is 17.5 Å². The quantitative estimate of drug-likeness (QED) is 0.773. The molecule has 0 unspecified atom stereocenters. The van der Waals surface area contributed by atoms with Crippen LogP contribution in [-0.4, -0.2) is 30.0 Å². The zero-order chi connectivity index (χ0) is 14.8. The minimum absolute atomic E-state index is 0.118. The Morgan fingerprint density at radius 3 is 3.00 bits per heavy atom. The lowest BCUT2D eigenvalue weighted by atomic mass is 10.1. The Bertz CT molecular complexity index is 735. The van der Waals surface area contributed by atoms with Crippen molar-refractivity contribution in [2.24, 2.45) is 0 Å². The number of carbonyl (C=O) groups is 1. The summed E-state index contributed by atoms with van der Waals surface area (Å²) in [5, 5.41) is 7.00. The number of piperidine rings is 1. The smallest absolute Gasteiger partial charge is 0.252 e. The molecule has 0 saturated carbocycles. The number of benzene rings is 1. The van der Waals surface area contributed by atoms with Gasteiger partial charge < -0.3 is 15.6 Å². The second-order valence-electron chi connectivity index (χ2n) is 5.23. The molecule has 1 amide bonds. The Morgan fingerprint density at radius 1 is 1.38 bits per heavy atom. The number of para-hydroxylation sites is 1. The molecule has 6 heteroatoms. The van der Waals surface area contributed by atoms with Gasteiger partial charge in [-0.1, -0.05) is 12.1 Å². The van der Waals surface area contributed by atoms with E-state index in [1.165, 1.54) is 6.07 Å². The minimum atomic E-state index is -0.277. The standard InChI is InChI=1S/C15H16BrN3O2/c16-12-5-1-4-10-11(7-13(20)19-14(10)12)15(21)18-9-3-2-6-17-8-9/h1,4-5,7,9,17H,2-3,6,8H2,(H,18,21)(H,19,20)/t9-/m0/s1. The molecule has 3 rings (SSSR count). The Balaban J connectivity index is 1.97. The van der Waals surface area contributed by atoms with Crippen LogP contribution in [0.4, 0.5) is 0 Å². The van der Waals surface area contributed by atoms with Gasteiger partial charge >= 0.3 is 0 Å². The molecule has 1 saturated heterocycles. The fourth-order valence-electron chi connectivity index (χ4n) is 2.67. The van der Waals surface area contributed by atoms with Crippen molar-refractivity contribution in [3.63, 3.8) is 0 Å². The molecule has 0 aliphatic carbocycles. The molecule has 0 spiro atoms. The van der Waals surface area contributed by atoms with Crippen molar-refractivity contribution in [2.45, 2.75) is 18.9 Å². The van der Waals surface area contributed by atoms with Crippen LogP contribution in [0, 0.1) is 0 Å². The van der Waals surface area contributed by atoms with Gasteiger partial charge in [0.25, 0.3) is 5.91 Å². The number of halogens is 1. The molecule has 110 valence electrons. The number of hydrogen-bond donors (Lipinski definition) is 3. The monoisotopic (exact) mass is 349 g/mol. The predicted octanol–water partition coefficient (Wildman–Crippen LogP) is 1.77. The third-order valence-corrected chi connectivity index (χ3v) is 4.36. The molecule has 1 aliphatic rings. The van der Waals surface area contributed by atoms with Gasteiger partial charge in [0.15, 0.2) is 0 Å². The number of H-pyrrole nitrogens is 1. The molecule has 2 heterocycles. The first kappa shape index (κ1) is 14.3. The van der Waals surface area contributed by atoms with E-state index in [1.54, 1.807) is 0 Å². The highest BCUT2D eigenvalue weighted by molar-refractivity contribution is 9.10. The summed E-state index contributed by atoms with van der Waals surface area (Å²) in [4.78, 5) is 27.0. The molecule has 2 aromatic rings. The van der Waals surface area contributed by atoms with Gasteiger partial charge in [-0.3, -0.25) is 9.59 Å². The number of hydrogen-bond acceptors (Lipinski definition) is 3. The average Bonchev–Trinajstić information content (AvgIpc) is 2.48. The van der Waals surface area contributed by atoms with Gasteiger partial charge in [0.05, 0.1) is 11.1 Å². The normalized spacial score (nSPS) is 18.6. The van der Waals surface area contributed by atoms with Crippen LogP contribution < -0.4 is 16.2 Å². The Labute approximate surface area is 130 Å². The number of carbonyl (C=O) groups excluding carboxylic acids is 1. The second-order valence-corrected chi connectivity index (χ2v) is 6.08. The number of fused-ring (bicyclic) bond motifs is 1. The maximum atomic E-state index is 12.5. The highest BCUT2D eigenvalue weighted by Crippen LogP contribution is 2.23.